The van der Waals surface area contributed by atoms with Gasteiger partial charge in [0.2, 0.25) is 0 Å². The average Bonchev–Trinajstić information content (AvgIpc) is 3.15. The maximum atomic E-state index is 14.2. The van der Waals surface area contributed by atoms with Crippen LogP contribution in [0.25, 0.3) is 11.0 Å². The van der Waals surface area contributed by atoms with Crippen molar-refractivity contribution in [3.63, 3.8) is 0 Å². The van der Waals surface area contributed by atoms with Gasteiger partial charge in [-0.1, -0.05) is 18.0 Å². The summed E-state index contributed by atoms with van der Waals surface area (Å²) in [5.74, 6) is 0.303. The van der Waals surface area contributed by atoms with Gasteiger partial charge in [0.25, 0.3) is 0 Å². The fraction of sp³-hybridized carbons (Fsp3) is 0.636. The van der Waals surface area contributed by atoms with Gasteiger partial charge in [0.05, 0.1) is 0 Å². The molecule has 1 aromatic carbocycles. The van der Waals surface area contributed by atoms with E-state index in [-0.39, 0.29) is 11.0 Å². The van der Waals surface area contributed by atoms with Crippen molar-refractivity contribution in [1.29, 1.82) is 0 Å². The van der Waals surface area contributed by atoms with Crippen LogP contribution in [0.2, 0.25) is 0 Å². The van der Waals surface area contributed by atoms with Crippen LogP contribution in [0.3, 0.4) is 0 Å². The predicted molar refractivity (Wildman–Crippen MR) is 108 cm³/mol. The summed E-state index contributed by atoms with van der Waals surface area (Å²) in [4.78, 5) is 15.7. The zero-order valence-electron chi connectivity index (χ0n) is 17.0. The molecule has 2 fully saturated rings. The van der Waals surface area contributed by atoms with E-state index in [1.807, 2.05) is 4.90 Å². The van der Waals surface area contributed by atoms with E-state index < -0.39 is 11.6 Å². The predicted octanol–water partition coefficient (Wildman–Crippen LogP) is 4.40. The second-order valence-electron chi connectivity index (χ2n) is 8.65. The number of hydrogen-bond donors (Lipinski definition) is 0. The van der Waals surface area contributed by atoms with Crippen molar-refractivity contribution in [2.24, 2.45) is 11.8 Å². The largest absolute Gasteiger partial charge is 0.354 e. The summed E-state index contributed by atoms with van der Waals surface area (Å²) >= 11 is 0. The molecule has 1 aliphatic heterocycles. The molecule has 0 unspecified atom stereocenters. The number of fused-ring (bicyclic) bond motifs is 1. The first-order valence-corrected chi connectivity index (χ1v) is 10.7. The summed E-state index contributed by atoms with van der Waals surface area (Å²) in [5, 5.41) is 4.13. The highest BCUT2D eigenvalue weighted by Crippen LogP contribution is 2.33. The Balaban J connectivity index is 1.26. The first-order valence-electron chi connectivity index (χ1n) is 10.7. The first-order chi connectivity index (χ1) is 14.0. The summed E-state index contributed by atoms with van der Waals surface area (Å²) in [5.41, 5.74) is 0.279. The molecule has 1 aliphatic carbocycles. The molecule has 0 bridgehead atoms. The van der Waals surface area contributed by atoms with Gasteiger partial charge in [-0.25, -0.2) is 8.78 Å². The number of piperazine rings is 1. The van der Waals surface area contributed by atoms with Crippen LogP contribution < -0.4 is 4.90 Å². The lowest BCUT2D eigenvalue weighted by atomic mass is 9.78. The molecule has 0 atom stereocenters. The Labute approximate surface area is 170 Å². The lowest BCUT2D eigenvalue weighted by Crippen LogP contribution is -2.47. The van der Waals surface area contributed by atoms with Crippen LogP contribution in [-0.2, 0) is 4.79 Å². The zero-order valence-corrected chi connectivity index (χ0v) is 17.0. The van der Waals surface area contributed by atoms with Gasteiger partial charge in [0.1, 0.15) is 11.2 Å². The molecule has 0 radical (unpaired) electrons. The van der Waals surface area contributed by atoms with E-state index in [0.717, 1.165) is 51.1 Å². The number of carbonyl (C=O) groups is 1. The van der Waals surface area contributed by atoms with E-state index in [1.54, 1.807) is 6.92 Å². The summed E-state index contributed by atoms with van der Waals surface area (Å²) < 4.78 is 33.0. The summed E-state index contributed by atoms with van der Waals surface area (Å²) in [6, 6.07) is 2.49. The smallest absolute Gasteiger partial charge is 0.183 e. The van der Waals surface area contributed by atoms with Crippen LogP contribution in [0.1, 0.15) is 45.4 Å². The number of nitrogens with zero attached hydrogens (tertiary/aromatic N) is 3. The van der Waals surface area contributed by atoms with E-state index in [9.17, 15) is 13.6 Å². The second-order valence-corrected chi connectivity index (χ2v) is 8.65. The maximum Gasteiger partial charge on any atom is 0.183 e. The van der Waals surface area contributed by atoms with Crippen LogP contribution in [0.5, 0.6) is 0 Å². The molecule has 2 aromatic rings. The molecule has 0 amide bonds. The minimum atomic E-state index is -0.887. The van der Waals surface area contributed by atoms with E-state index in [2.05, 4.69) is 10.1 Å². The SMILES string of the molecule is CC(=O)CC1CCC(CCN2CCN(c3noc4ccc(F)c(F)c34)CC2)CC1. The zero-order chi connectivity index (χ0) is 20.4. The van der Waals surface area contributed by atoms with Crippen molar-refractivity contribution in [2.75, 3.05) is 37.6 Å². The van der Waals surface area contributed by atoms with Crippen LogP contribution in [0, 0.1) is 23.5 Å². The molecule has 1 aromatic heterocycles. The lowest BCUT2D eigenvalue weighted by Gasteiger charge is -2.36. The van der Waals surface area contributed by atoms with E-state index in [4.69, 9.17) is 4.52 Å². The van der Waals surface area contributed by atoms with Gasteiger partial charge < -0.3 is 14.2 Å². The third-order valence-electron chi connectivity index (χ3n) is 6.58. The molecule has 2 heterocycles. The van der Waals surface area contributed by atoms with Crippen LogP contribution in [0.4, 0.5) is 14.6 Å². The third kappa shape index (κ3) is 4.60. The van der Waals surface area contributed by atoms with E-state index >= 15 is 0 Å². The molecule has 5 nitrogen and oxygen atoms in total. The molecule has 1 saturated carbocycles. The molecule has 7 heteroatoms. The Morgan fingerprint density at radius 3 is 2.48 bits per heavy atom. The van der Waals surface area contributed by atoms with E-state index in [1.165, 1.54) is 38.2 Å². The Bertz CT molecular complexity index is 853. The maximum absolute atomic E-state index is 14.2. The number of hydrogen-bond acceptors (Lipinski definition) is 5. The number of rotatable bonds is 6. The highest BCUT2D eigenvalue weighted by atomic mass is 19.2. The number of ketones is 1. The summed E-state index contributed by atoms with van der Waals surface area (Å²) in [7, 11) is 0. The van der Waals surface area contributed by atoms with Crippen LogP contribution >= 0.6 is 0 Å². The first kappa shape index (κ1) is 20.3. The van der Waals surface area contributed by atoms with Crippen molar-refractivity contribution < 1.29 is 18.1 Å². The number of Topliss-reactive ketones (excluding diaryl/α,β-unsaturated/α-hetero) is 1. The topological polar surface area (TPSA) is 49.6 Å². The molecule has 1 saturated heterocycles. The highest BCUT2D eigenvalue weighted by Gasteiger charge is 2.26. The third-order valence-corrected chi connectivity index (χ3v) is 6.58. The Hall–Kier alpha value is -2.02. The molecule has 0 N–H and O–H groups in total. The molecule has 158 valence electrons. The number of aromatic nitrogens is 1. The number of halogens is 2. The number of carbonyl (C=O) groups excluding carboxylic acids is 1. The molecule has 4 rings (SSSR count). The Morgan fingerprint density at radius 2 is 1.79 bits per heavy atom. The normalized spacial score (nSPS) is 23.6. The fourth-order valence-electron chi connectivity index (χ4n) is 4.85. The van der Waals surface area contributed by atoms with Gasteiger partial charge in [-0.15, -0.1) is 0 Å². The second kappa shape index (κ2) is 8.78. The average molecular weight is 405 g/mol. The fourth-order valence-corrected chi connectivity index (χ4v) is 4.85. The minimum Gasteiger partial charge on any atom is -0.354 e. The molecular weight excluding hydrogens is 376 g/mol. The van der Waals surface area contributed by atoms with Gasteiger partial charge in [-0.2, -0.15) is 0 Å². The molecule has 0 spiro atoms. The van der Waals surface area contributed by atoms with E-state index in [0.29, 0.717) is 17.5 Å². The van der Waals surface area contributed by atoms with Gasteiger partial charge in [-0.05, 0) is 56.7 Å². The standard InChI is InChI=1S/C22H29F2N3O2/c1-15(28)14-17-4-2-16(3-5-17)8-9-26-10-12-27(13-11-26)22-20-19(29-25-22)7-6-18(23)21(20)24/h6-7,16-17H,2-5,8-14H2,1H3. The van der Waals surface area contributed by atoms with Gasteiger partial charge in [-0.3, -0.25) is 4.90 Å². The molecule has 29 heavy (non-hydrogen) atoms. The van der Waals surface area contributed by atoms with Gasteiger partial charge in [0.15, 0.2) is 23.0 Å². The quantitative estimate of drug-likeness (QED) is 0.713. The number of anilines is 1. The summed E-state index contributed by atoms with van der Waals surface area (Å²) in [6.07, 6.45) is 6.76. The van der Waals surface area contributed by atoms with Crippen molar-refractivity contribution >= 4 is 22.6 Å². The minimum absolute atomic E-state index is 0.140. The Kier molecular flexibility index (Phi) is 6.13. The highest BCUT2D eigenvalue weighted by molar-refractivity contribution is 5.89. The van der Waals surface area contributed by atoms with Crippen LogP contribution in [-0.4, -0.2) is 48.6 Å². The lowest BCUT2D eigenvalue weighted by molar-refractivity contribution is -0.118. The molecule has 2 aliphatic rings. The monoisotopic (exact) mass is 405 g/mol. The Morgan fingerprint density at radius 1 is 1.10 bits per heavy atom. The van der Waals surface area contributed by atoms with Crippen molar-refractivity contribution in [2.45, 2.75) is 45.4 Å². The van der Waals surface area contributed by atoms with Gasteiger partial charge in [0, 0.05) is 32.6 Å². The van der Waals surface area contributed by atoms with Crippen molar-refractivity contribution in [1.82, 2.24) is 10.1 Å². The molecular formula is C22H29F2N3O2. The summed E-state index contributed by atoms with van der Waals surface area (Å²) in [6.45, 7) is 5.97. The van der Waals surface area contributed by atoms with Crippen LogP contribution in [0.15, 0.2) is 16.7 Å². The van der Waals surface area contributed by atoms with Crippen molar-refractivity contribution in [3.8, 4) is 0 Å². The van der Waals surface area contributed by atoms with Crippen molar-refractivity contribution in [3.05, 3.63) is 23.8 Å². The van der Waals surface area contributed by atoms with Gasteiger partial charge >= 0.3 is 0 Å². The number of benzene rings is 1.